The minimum atomic E-state index is -0.531. The molecule has 4 rings (SSSR count). The van der Waals surface area contributed by atoms with Crippen LogP contribution in [0.25, 0.3) is 33.4 Å². The highest BCUT2D eigenvalue weighted by atomic mass is 19.1. The molecule has 0 spiro atoms. The summed E-state index contributed by atoms with van der Waals surface area (Å²) in [5, 5.41) is 14.1. The number of nitrogens with zero attached hydrogens (tertiary/aromatic N) is 3. The molecule has 0 fully saturated rings. The van der Waals surface area contributed by atoms with Gasteiger partial charge in [0.15, 0.2) is 0 Å². The summed E-state index contributed by atoms with van der Waals surface area (Å²) in [6.07, 6.45) is 4.94. The molecule has 22 heavy (non-hydrogen) atoms. The van der Waals surface area contributed by atoms with Gasteiger partial charge in [-0.15, -0.1) is 0 Å². The van der Waals surface area contributed by atoms with Gasteiger partial charge < -0.3 is 0 Å². The van der Waals surface area contributed by atoms with E-state index in [0.717, 1.165) is 23.8 Å². The van der Waals surface area contributed by atoms with E-state index in [2.05, 4.69) is 25.4 Å². The van der Waals surface area contributed by atoms with Crippen molar-refractivity contribution in [2.24, 2.45) is 0 Å². The van der Waals surface area contributed by atoms with Crippen LogP contribution in [0.4, 0.5) is 8.78 Å². The quantitative estimate of drug-likeness (QED) is 0.596. The molecule has 0 bridgehead atoms. The second-order valence-electron chi connectivity index (χ2n) is 4.80. The maximum absolute atomic E-state index is 14.0. The third-order valence-corrected chi connectivity index (χ3v) is 3.42. The average Bonchev–Trinajstić information content (AvgIpc) is 3.18. The minimum Gasteiger partial charge on any atom is -0.285 e. The Kier molecular flexibility index (Phi) is 2.72. The van der Waals surface area contributed by atoms with E-state index in [-0.39, 0.29) is 5.56 Å². The number of aromatic amines is 2. The van der Waals surface area contributed by atoms with Crippen LogP contribution >= 0.6 is 0 Å². The van der Waals surface area contributed by atoms with E-state index in [0.29, 0.717) is 22.3 Å². The van der Waals surface area contributed by atoms with Crippen LogP contribution < -0.4 is 0 Å². The largest absolute Gasteiger partial charge is 0.285 e. The molecule has 7 heteroatoms. The molecule has 0 atom stereocenters. The first-order chi connectivity index (χ1) is 10.7. The molecular formula is C15H9F2N5. The van der Waals surface area contributed by atoms with Gasteiger partial charge in [-0.3, -0.25) is 15.2 Å². The standard InChI is InChI=1S/C15H9F2N5/c16-9-1-2-12(17)10(3-9)15-11-4-13(8-5-19-20-6-8)18-7-14(11)21-22-15/h1-7H,(H,19,20)(H,21,22). The predicted molar refractivity (Wildman–Crippen MR) is 76.8 cm³/mol. The Balaban J connectivity index is 1.95. The lowest BCUT2D eigenvalue weighted by Gasteiger charge is -2.02. The Labute approximate surface area is 123 Å². The zero-order valence-corrected chi connectivity index (χ0v) is 11.1. The molecule has 5 nitrogen and oxygen atoms in total. The molecule has 108 valence electrons. The van der Waals surface area contributed by atoms with Gasteiger partial charge in [-0.1, -0.05) is 0 Å². The molecule has 0 unspecified atom stereocenters. The molecule has 3 aromatic heterocycles. The highest BCUT2D eigenvalue weighted by Crippen LogP contribution is 2.30. The molecule has 0 aliphatic rings. The van der Waals surface area contributed by atoms with Crippen molar-refractivity contribution in [2.45, 2.75) is 0 Å². The Morgan fingerprint density at radius 3 is 2.77 bits per heavy atom. The maximum atomic E-state index is 14.0. The van der Waals surface area contributed by atoms with Crippen LogP contribution in [0.5, 0.6) is 0 Å². The van der Waals surface area contributed by atoms with Crippen LogP contribution in [0.15, 0.2) is 42.9 Å². The number of pyridine rings is 1. The summed E-state index contributed by atoms with van der Waals surface area (Å²) in [5.41, 5.74) is 2.56. The third kappa shape index (κ3) is 1.95. The summed E-state index contributed by atoms with van der Waals surface area (Å²) < 4.78 is 27.4. The summed E-state index contributed by atoms with van der Waals surface area (Å²) in [4.78, 5) is 4.30. The van der Waals surface area contributed by atoms with Crippen molar-refractivity contribution in [3.05, 3.63) is 54.5 Å². The molecule has 4 aromatic rings. The molecule has 0 saturated heterocycles. The SMILES string of the molecule is Fc1ccc(F)c(-c2n[nH]c3cnc(-c4cn[nH]c4)cc23)c1. The number of H-pyrrole nitrogens is 2. The zero-order valence-electron chi connectivity index (χ0n) is 11.1. The van der Waals surface area contributed by atoms with Crippen LogP contribution in [-0.4, -0.2) is 25.4 Å². The fraction of sp³-hybridized carbons (Fsp3) is 0. The van der Waals surface area contributed by atoms with Crippen molar-refractivity contribution < 1.29 is 8.78 Å². The van der Waals surface area contributed by atoms with E-state index in [1.807, 2.05) is 0 Å². The molecule has 0 aliphatic heterocycles. The van der Waals surface area contributed by atoms with Crippen molar-refractivity contribution in [2.75, 3.05) is 0 Å². The van der Waals surface area contributed by atoms with E-state index in [9.17, 15) is 8.78 Å². The lowest BCUT2D eigenvalue weighted by Crippen LogP contribution is -1.88. The molecular weight excluding hydrogens is 288 g/mol. The smallest absolute Gasteiger partial charge is 0.132 e. The molecule has 3 heterocycles. The number of hydrogen-bond acceptors (Lipinski definition) is 3. The highest BCUT2D eigenvalue weighted by Gasteiger charge is 2.15. The normalized spacial score (nSPS) is 11.2. The summed E-state index contributed by atoms with van der Waals surface area (Å²) >= 11 is 0. The molecule has 1 aromatic carbocycles. The van der Waals surface area contributed by atoms with Gasteiger partial charge in [0.1, 0.15) is 17.3 Å². The minimum absolute atomic E-state index is 0.107. The maximum Gasteiger partial charge on any atom is 0.132 e. The van der Waals surface area contributed by atoms with Gasteiger partial charge in [-0.05, 0) is 24.3 Å². The van der Waals surface area contributed by atoms with E-state index in [1.54, 1.807) is 24.7 Å². The predicted octanol–water partition coefficient (Wildman–Crippen LogP) is 3.29. The van der Waals surface area contributed by atoms with Crippen LogP contribution in [-0.2, 0) is 0 Å². The summed E-state index contributed by atoms with van der Waals surface area (Å²) in [5.74, 6) is -1.05. The Morgan fingerprint density at radius 1 is 1.05 bits per heavy atom. The van der Waals surface area contributed by atoms with Crippen LogP contribution in [0.3, 0.4) is 0 Å². The van der Waals surface area contributed by atoms with Crippen molar-refractivity contribution in [1.82, 2.24) is 25.4 Å². The first kappa shape index (κ1) is 12.6. The summed E-state index contributed by atoms with van der Waals surface area (Å²) in [6.45, 7) is 0. The van der Waals surface area contributed by atoms with E-state index < -0.39 is 11.6 Å². The van der Waals surface area contributed by atoms with Gasteiger partial charge in [0, 0.05) is 22.7 Å². The number of nitrogens with one attached hydrogen (secondary N) is 2. The number of aromatic nitrogens is 5. The van der Waals surface area contributed by atoms with E-state index in [1.165, 1.54) is 0 Å². The number of hydrogen-bond donors (Lipinski definition) is 2. The lowest BCUT2D eigenvalue weighted by atomic mass is 10.1. The van der Waals surface area contributed by atoms with Crippen LogP contribution in [0.1, 0.15) is 0 Å². The molecule has 0 saturated carbocycles. The van der Waals surface area contributed by atoms with Crippen molar-refractivity contribution in [1.29, 1.82) is 0 Å². The van der Waals surface area contributed by atoms with Gasteiger partial charge in [-0.25, -0.2) is 8.78 Å². The van der Waals surface area contributed by atoms with Crippen LogP contribution in [0.2, 0.25) is 0 Å². The van der Waals surface area contributed by atoms with Crippen molar-refractivity contribution in [3.63, 3.8) is 0 Å². The van der Waals surface area contributed by atoms with E-state index in [4.69, 9.17) is 0 Å². The number of benzene rings is 1. The Morgan fingerprint density at radius 2 is 1.95 bits per heavy atom. The molecule has 2 N–H and O–H groups in total. The second kappa shape index (κ2) is 4.73. The molecule has 0 radical (unpaired) electrons. The Hall–Kier alpha value is -3.09. The Bertz CT molecular complexity index is 959. The van der Waals surface area contributed by atoms with Crippen molar-refractivity contribution >= 4 is 10.9 Å². The van der Waals surface area contributed by atoms with Crippen LogP contribution in [0, 0.1) is 11.6 Å². The molecule has 0 aliphatic carbocycles. The monoisotopic (exact) mass is 297 g/mol. The van der Waals surface area contributed by atoms with Crippen molar-refractivity contribution in [3.8, 4) is 22.5 Å². The number of fused-ring (bicyclic) bond motifs is 1. The second-order valence-corrected chi connectivity index (χ2v) is 4.80. The fourth-order valence-corrected chi connectivity index (χ4v) is 2.35. The van der Waals surface area contributed by atoms with Gasteiger partial charge >= 0.3 is 0 Å². The van der Waals surface area contributed by atoms with Gasteiger partial charge in [0.2, 0.25) is 0 Å². The summed E-state index contributed by atoms with van der Waals surface area (Å²) in [6, 6.07) is 5.06. The topological polar surface area (TPSA) is 70.2 Å². The highest BCUT2D eigenvalue weighted by molar-refractivity contribution is 5.94. The first-order valence-corrected chi connectivity index (χ1v) is 6.51. The molecule has 0 amide bonds. The van der Waals surface area contributed by atoms with E-state index >= 15 is 0 Å². The zero-order chi connectivity index (χ0) is 15.1. The fourth-order valence-electron chi connectivity index (χ4n) is 2.35. The van der Waals surface area contributed by atoms with Gasteiger partial charge in [0.05, 0.1) is 23.6 Å². The lowest BCUT2D eigenvalue weighted by molar-refractivity contribution is 0.602. The average molecular weight is 297 g/mol. The van der Waals surface area contributed by atoms with Gasteiger partial charge in [-0.2, -0.15) is 10.2 Å². The number of rotatable bonds is 2. The number of halogens is 2. The first-order valence-electron chi connectivity index (χ1n) is 6.51. The van der Waals surface area contributed by atoms with Gasteiger partial charge in [0.25, 0.3) is 0 Å². The summed E-state index contributed by atoms with van der Waals surface area (Å²) in [7, 11) is 0. The third-order valence-electron chi connectivity index (χ3n) is 3.42.